The zero-order valence-electron chi connectivity index (χ0n) is 11.1. The molecular weight excluding hydrogens is 286 g/mol. The van der Waals surface area contributed by atoms with Crippen molar-refractivity contribution in [3.05, 3.63) is 58.5 Å². The monoisotopic (exact) mass is 299 g/mol. The minimum atomic E-state index is -0.706. The van der Waals surface area contributed by atoms with E-state index in [1.165, 1.54) is 17.5 Å². The molecule has 0 saturated carbocycles. The molecule has 106 valence electrons. The van der Waals surface area contributed by atoms with Crippen molar-refractivity contribution in [1.82, 2.24) is 15.3 Å². The van der Waals surface area contributed by atoms with Crippen LogP contribution in [0.15, 0.2) is 48.0 Å². The van der Waals surface area contributed by atoms with E-state index in [0.29, 0.717) is 5.52 Å². The zero-order valence-corrected chi connectivity index (χ0v) is 11.9. The summed E-state index contributed by atoms with van der Waals surface area (Å²) in [6.07, 6.45) is 0.734. The highest BCUT2D eigenvalue weighted by Gasteiger charge is 2.13. The number of aromatic nitrogens is 2. The lowest BCUT2D eigenvalue weighted by Gasteiger charge is -2.10. The van der Waals surface area contributed by atoms with Gasteiger partial charge in [-0.05, 0) is 23.6 Å². The van der Waals surface area contributed by atoms with Crippen molar-refractivity contribution < 1.29 is 9.90 Å². The van der Waals surface area contributed by atoms with Crippen molar-refractivity contribution in [3.8, 4) is 0 Å². The van der Waals surface area contributed by atoms with E-state index in [2.05, 4.69) is 15.3 Å². The summed E-state index contributed by atoms with van der Waals surface area (Å²) >= 11 is 1.45. The van der Waals surface area contributed by atoms with Crippen LogP contribution in [0.2, 0.25) is 0 Å². The number of hydrogen-bond acceptors (Lipinski definition) is 5. The smallest absolute Gasteiger partial charge is 0.271 e. The molecule has 5 nitrogen and oxygen atoms in total. The average Bonchev–Trinajstić information content (AvgIpc) is 3.06. The highest BCUT2D eigenvalue weighted by atomic mass is 32.1. The van der Waals surface area contributed by atoms with Crippen molar-refractivity contribution >= 4 is 28.3 Å². The summed E-state index contributed by atoms with van der Waals surface area (Å²) in [5.74, 6) is -0.344. The van der Waals surface area contributed by atoms with Crippen LogP contribution >= 0.6 is 11.3 Å². The van der Waals surface area contributed by atoms with E-state index >= 15 is 0 Å². The number of aliphatic hydroxyl groups is 1. The van der Waals surface area contributed by atoms with Crippen molar-refractivity contribution in [2.75, 3.05) is 6.54 Å². The maximum atomic E-state index is 12.0. The molecule has 6 heteroatoms. The molecule has 1 amide bonds. The summed E-state index contributed by atoms with van der Waals surface area (Å²) < 4.78 is 0. The minimum absolute atomic E-state index is 0.147. The summed E-state index contributed by atoms with van der Waals surface area (Å²) in [5, 5.41) is 14.5. The van der Waals surface area contributed by atoms with Gasteiger partial charge < -0.3 is 10.4 Å². The number of amides is 1. The lowest BCUT2D eigenvalue weighted by molar-refractivity contribution is 0.0913. The zero-order chi connectivity index (χ0) is 14.7. The summed E-state index contributed by atoms with van der Waals surface area (Å²) in [7, 11) is 0. The molecular formula is C15H13N3O2S. The van der Waals surface area contributed by atoms with Gasteiger partial charge in [0, 0.05) is 11.4 Å². The van der Waals surface area contributed by atoms with E-state index in [9.17, 15) is 9.90 Å². The molecule has 3 rings (SSSR count). The topological polar surface area (TPSA) is 75.1 Å². The lowest BCUT2D eigenvalue weighted by atomic mass is 10.2. The summed E-state index contributed by atoms with van der Waals surface area (Å²) in [6, 6.07) is 11.1. The second-order valence-corrected chi connectivity index (χ2v) is 5.46. The van der Waals surface area contributed by atoms with Crippen LogP contribution in [0.4, 0.5) is 0 Å². The number of nitrogens with one attached hydrogen (secondary N) is 1. The third-order valence-electron chi connectivity index (χ3n) is 3.01. The molecule has 0 aliphatic carbocycles. The molecule has 2 N–H and O–H groups in total. The Morgan fingerprint density at radius 2 is 2.05 bits per heavy atom. The molecule has 2 aromatic heterocycles. The van der Waals surface area contributed by atoms with Crippen LogP contribution in [0.1, 0.15) is 21.5 Å². The van der Waals surface area contributed by atoms with Crippen molar-refractivity contribution in [3.63, 3.8) is 0 Å². The summed E-state index contributed by atoms with van der Waals surface area (Å²) in [5.41, 5.74) is 1.66. The molecule has 2 heterocycles. The fourth-order valence-corrected chi connectivity index (χ4v) is 2.64. The maximum Gasteiger partial charge on any atom is 0.271 e. The molecule has 0 saturated heterocycles. The van der Waals surface area contributed by atoms with Gasteiger partial charge in [0.25, 0.3) is 5.91 Å². The number of benzene rings is 1. The van der Waals surface area contributed by atoms with E-state index in [4.69, 9.17) is 0 Å². The van der Waals surface area contributed by atoms with Crippen molar-refractivity contribution in [2.24, 2.45) is 0 Å². The molecule has 0 aliphatic rings. The van der Waals surface area contributed by atoms with Gasteiger partial charge in [-0.2, -0.15) is 0 Å². The maximum absolute atomic E-state index is 12.0. The molecule has 0 fully saturated rings. The number of fused-ring (bicyclic) bond motifs is 1. The van der Waals surface area contributed by atoms with Crippen molar-refractivity contribution in [2.45, 2.75) is 6.10 Å². The number of carbonyl (C=O) groups excluding carboxylic acids is 1. The Labute approximate surface area is 125 Å². The molecule has 0 radical (unpaired) electrons. The number of rotatable bonds is 4. The molecule has 0 spiro atoms. The molecule has 1 unspecified atom stereocenters. The van der Waals surface area contributed by atoms with Gasteiger partial charge in [0.15, 0.2) is 0 Å². The van der Waals surface area contributed by atoms with Crippen LogP contribution in [-0.4, -0.2) is 27.5 Å². The lowest BCUT2D eigenvalue weighted by Crippen LogP contribution is -2.28. The second kappa shape index (κ2) is 5.99. The SMILES string of the molecule is O=C(NCC(O)c1cccs1)c1cnc2ccccc2n1. The fraction of sp³-hybridized carbons (Fsp3) is 0.133. The normalized spacial score (nSPS) is 12.2. The van der Waals surface area contributed by atoms with E-state index in [1.54, 1.807) is 6.07 Å². The van der Waals surface area contributed by atoms with Gasteiger partial charge in [0.2, 0.25) is 0 Å². The number of aliphatic hydroxyl groups excluding tert-OH is 1. The highest BCUT2D eigenvalue weighted by molar-refractivity contribution is 7.10. The van der Waals surface area contributed by atoms with Gasteiger partial charge in [-0.1, -0.05) is 18.2 Å². The molecule has 1 aromatic carbocycles. The number of para-hydroxylation sites is 2. The minimum Gasteiger partial charge on any atom is -0.386 e. The Balaban J connectivity index is 1.69. The Kier molecular flexibility index (Phi) is 3.89. The van der Waals surface area contributed by atoms with E-state index in [0.717, 1.165) is 10.4 Å². The third-order valence-corrected chi connectivity index (χ3v) is 3.98. The number of nitrogens with zero attached hydrogens (tertiary/aromatic N) is 2. The highest BCUT2D eigenvalue weighted by Crippen LogP contribution is 2.17. The molecule has 1 atom stereocenters. The van der Waals surface area contributed by atoms with E-state index in [-0.39, 0.29) is 18.1 Å². The van der Waals surface area contributed by atoms with Gasteiger partial charge in [-0.15, -0.1) is 11.3 Å². The average molecular weight is 299 g/mol. The van der Waals surface area contributed by atoms with E-state index < -0.39 is 6.10 Å². The Bertz CT molecular complexity index is 758. The molecule has 0 bridgehead atoms. The Morgan fingerprint density at radius 3 is 2.81 bits per heavy atom. The number of carbonyl (C=O) groups is 1. The van der Waals surface area contributed by atoms with Gasteiger partial charge >= 0.3 is 0 Å². The van der Waals surface area contributed by atoms with Gasteiger partial charge in [-0.3, -0.25) is 9.78 Å². The standard InChI is InChI=1S/C15H13N3O2S/c19-13(14-6-3-7-21-14)9-17-15(20)12-8-16-10-4-1-2-5-11(10)18-12/h1-8,13,19H,9H2,(H,17,20). The van der Waals surface area contributed by atoms with Crippen molar-refractivity contribution in [1.29, 1.82) is 0 Å². The number of thiophene rings is 1. The Hall–Kier alpha value is -2.31. The quantitative estimate of drug-likeness (QED) is 0.774. The first-order valence-corrected chi connectivity index (χ1v) is 7.33. The summed E-state index contributed by atoms with van der Waals surface area (Å²) in [6.45, 7) is 0.147. The van der Waals surface area contributed by atoms with Crippen LogP contribution < -0.4 is 5.32 Å². The van der Waals surface area contributed by atoms with Gasteiger partial charge in [-0.25, -0.2) is 4.98 Å². The van der Waals surface area contributed by atoms with Crippen LogP contribution in [0.5, 0.6) is 0 Å². The third kappa shape index (κ3) is 3.07. The summed E-state index contributed by atoms with van der Waals surface area (Å²) in [4.78, 5) is 21.3. The predicted octanol–water partition coefficient (Wildman–Crippen LogP) is 2.15. The number of hydrogen-bond donors (Lipinski definition) is 2. The molecule has 0 aliphatic heterocycles. The molecule has 3 aromatic rings. The van der Waals surface area contributed by atoms with Crippen LogP contribution in [0.3, 0.4) is 0 Å². The van der Waals surface area contributed by atoms with Crippen LogP contribution in [-0.2, 0) is 0 Å². The van der Waals surface area contributed by atoms with Crippen LogP contribution in [0.25, 0.3) is 11.0 Å². The fourth-order valence-electron chi connectivity index (χ4n) is 1.93. The van der Waals surface area contributed by atoms with Gasteiger partial charge in [0.1, 0.15) is 11.8 Å². The van der Waals surface area contributed by atoms with Crippen LogP contribution in [0, 0.1) is 0 Å². The predicted molar refractivity (Wildman–Crippen MR) is 81.2 cm³/mol. The first kappa shape index (κ1) is 13.7. The second-order valence-electron chi connectivity index (χ2n) is 4.49. The first-order chi connectivity index (χ1) is 10.2. The van der Waals surface area contributed by atoms with Gasteiger partial charge in [0.05, 0.1) is 17.2 Å². The first-order valence-electron chi connectivity index (χ1n) is 6.45. The van der Waals surface area contributed by atoms with E-state index in [1.807, 2.05) is 35.7 Å². The molecule has 21 heavy (non-hydrogen) atoms. The Morgan fingerprint density at radius 1 is 1.24 bits per heavy atom. The largest absolute Gasteiger partial charge is 0.386 e.